The van der Waals surface area contributed by atoms with Crippen LogP contribution < -0.4 is 5.73 Å². The van der Waals surface area contributed by atoms with Gasteiger partial charge < -0.3 is 10.5 Å². The molecule has 0 saturated carbocycles. The summed E-state index contributed by atoms with van der Waals surface area (Å²) in [5.41, 5.74) is 7.37. The largest absolute Gasteiger partial charge is 0.381 e. The minimum Gasteiger partial charge on any atom is -0.381 e. The molecule has 1 fully saturated rings. The van der Waals surface area contributed by atoms with Crippen LogP contribution >= 0.6 is 23.4 Å². The Balaban J connectivity index is 2.09. The van der Waals surface area contributed by atoms with Crippen molar-refractivity contribution in [1.29, 1.82) is 0 Å². The van der Waals surface area contributed by atoms with Crippen LogP contribution in [0.3, 0.4) is 0 Å². The standard InChI is InChI=1S/C15H22ClNOS/c1-2-13(17)10-11-9-12(16)3-4-15(11)19-14-5-7-18-8-6-14/h3-4,9,13-14H,2,5-8,10,17H2,1H3. The van der Waals surface area contributed by atoms with E-state index in [9.17, 15) is 0 Å². The van der Waals surface area contributed by atoms with Crippen LogP contribution in [-0.2, 0) is 11.2 Å². The fourth-order valence-electron chi connectivity index (χ4n) is 2.22. The van der Waals surface area contributed by atoms with Crippen LogP contribution in [0.25, 0.3) is 0 Å². The van der Waals surface area contributed by atoms with Gasteiger partial charge in [0.05, 0.1) is 0 Å². The first kappa shape index (κ1) is 15.2. The molecule has 0 radical (unpaired) electrons. The van der Waals surface area contributed by atoms with Crippen LogP contribution in [0.4, 0.5) is 0 Å². The molecule has 1 aromatic carbocycles. The van der Waals surface area contributed by atoms with Gasteiger partial charge in [-0.15, -0.1) is 11.8 Å². The van der Waals surface area contributed by atoms with Gasteiger partial charge in [0.25, 0.3) is 0 Å². The van der Waals surface area contributed by atoms with Gasteiger partial charge in [0.15, 0.2) is 0 Å². The van der Waals surface area contributed by atoms with Gasteiger partial charge in [-0.3, -0.25) is 0 Å². The van der Waals surface area contributed by atoms with E-state index in [-0.39, 0.29) is 6.04 Å². The lowest BCUT2D eigenvalue weighted by Gasteiger charge is -2.23. The second-order valence-electron chi connectivity index (χ2n) is 5.05. The van der Waals surface area contributed by atoms with E-state index < -0.39 is 0 Å². The van der Waals surface area contributed by atoms with E-state index in [1.54, 1.807) is 0 Å². The predicted octanol–water partition coefficient (Wildman–Crippen LogP) is 3.89. The average molecular weight is 300 g/mol. The molecule has 0 bridgehead atoms. The fourth-order valence-corrected chi connectivity index (χ4v) is 3.64. The van der Waals surface area contributed by atoms with Gasteiger partial charge in [0, 0.05) is 34.4 Å². The molecule has 0 spiro atoms. The second-order valence-corrected chi connectivity index (χ2v) is 6.83. The van der Waals surface area contributed by atoms with Crippen LogP contribution in [-0.4, -0.2) is 24.5 Å². The van der Waals surface area contributed by atoms with Crippen LogP contribution in [0, 0.1) is 0 Å². The summed E-state index contributed by atoms with van der Waals surface area (Å²) in [4.78, 5) is 1.33. The highest BCUT2D eigenvalue weighted by Gasteiger charge is 2.17. The molecule has 0 aliphatic carbocycles. The maximum absolute atomic E-state index is 6.12. The van der Waals surface area contributed by atoms with Crippen LogP contribution in [0.5, 0.6) is 0 Å². The summed E-state index contributed by atoms with van der Waals surface area (Å²) in [5.74, 6) is 0. The average Bonchev–Trinajstić information content (AvgIpc) is 2.43. The number of hydrogen-bond acceptors (Lipinski definition) is 3. The summed E-state index contributed by atoms with van der Waals surface area (Å²) in [7, 11) is 0. The van der Waals surface area contributed by atoms with Gasteiger partial charge in [-0.05, 0) is 49.4 Å². The van der Waals surface area contributed by atoms with E-state index in [2.05, 4.69) is 19.1 Å². The summed E-state index contributed by atoms with van der Waals surface area (Å²) in [5, 5.41) is 1.46. The maximum Gasteiger partial charge on any atom is 0.0476 e. The zero-order valence-corrected chi connectivity index (χ0v) is 13.0. The molecule has 4 heteroatoms. The van der Waals surface area contributed by atoms with Crippen molar-refractivity contribution < 1.29 is 4.74 Å². The highest BCUT2D eigenvalue weighted by atomic mass is 35.5. The molecule has 1 unspecified atom stereocenters. The molecule has 1 heterocycles. The zero-order valence-electron chi connectivity index (χ0n) is 11.4. The topological polar surface area (TPSA) is 35.2 Å². The monoisotopic (exact) mass is 299 g/mol. The summed E-state index contributed by atoms with van der Waals surface area (Å²) in [6, 6.07) is 6.40. The fraction of sp³-hybridized carbons (Fsp3) is 0.600. The molecule has 1 aliphatic rings. The van der Waals surface area contributed by atoms with Crippen molar-refractivity contribution in [1.82, 2.24) is 0 Å². The number of ether oxygens (including phenoxy) is 1. The Morgan fingerprint density at radius 2 is 2.16 bits per heavy atom. The Morgan fingerprint density at radius 3 is 2.84 bits per heavy atom. The van der Waals surface area contributed by atoms with Gasteiger partial charge in [-0.2, -0.15) is 0 Å². The van der Waals surface area contributed by atoms with Crippen LogP contribution in [0.2, 0.25) is 5.02 Å². The molecule has 2 nitrogen and oxygen atoms in total. The van der Waals surface area contributed by atoms with E-state index in [0.717, 1.165) is 43.9 Å². The molecule has 2 N–H and O–H groups in total. The lowest BCUT2D eigenvalue weighted by molar-refractivity contribution is 0.1000. The normalized spacial score (nSPS) is 18.5. The van der Waals surface area contributed by atoms with Crippen LogP contribution in [0.15, 0.2) is 23.1 Å². The Hall–Kier alpha value is -0.220. The molecule has 106 valence electrons. The van der Waals surface area contributed by atoms with E-state index in [4.69, 9.17) is 22.1 Å². The summed E-state index contributed by atoms with van der Waals surface area (Å²) < 4.78 is 5.41. The molecule has 2 rings (SSSR count). The van der Waals surface area contributed by atoms with Crippen molar-refractivity contribution in [2.75, 3.05) is 13.2 Å². The molecule has 1 saturated heterocycles. The smallest absolute Gasteiger partial charge is 0.0476 e. The number of hydrogen-bond donors (Lipinski definition) is 1. The number of thioether (sulfide) groups is 1. The lowest BCUT2D eigenvalue weighted by Crippen LogP contribution is -2.22. The van der Waals surface area contributed by atoms with Crippen molar-refractivity contribution in [3.63, 3.8) is 0 Å². The van der Waals surface area contributed by atoms with Gasteiger partial charge in [0.2, 0.25) is 0 Å². The lowest BCUT2D eigenvalue weighted by atomic mass is 10.0. The number of halogens is 1. The van der Waals surface area contributed by atoms with Gasteiger partial charge in [-0.1, -0.05) is 18.5 Å². The highest BCUT2D eigenvalue weighted by molar-refractivity contribution is 8.00. The third-order valence-electron chi connectivity index (χ3n) is 3.49. The quantitative estimate of drug-likeness (QED) is 0.896. The molecule has 1 atom stereocenters. The molecule has 1 aromatic rings. The molecular formula is C15H22ClNOS. The minimum absolute atomic E-state index is 0.215. The van der Waals surface area contributed by atoms with E-state index in [0.29, 0.717) is 5.25 Å². The third-order valence-corrected chi connectivity index (χ3v) is 5.18. The third kappa shape index (κ3) is 4.67. The number of nitrogens with two attached hydrogens (primary N) is 1. The summed E-state index contributed by atoms with van der Waals surface area (Å²) in [6.07, 6.45) is 4.16. The predicted molar refractivity (Wildman–Crippen MR) is 83.1 cm³/mol. The van der Waals surface area contributed by atoms with E-state index >= 15 is 0 Å². The first-order valence-electron chi connectivity index (χ1n) is 6.97. The molecule has 1 aliphatic heterocycles. The van der Waals surface area contributed by atoms with Gasteiger partial charge in [0.1, 0.15) is 0 Å². The first-order chi connectivity index (χ1) is 9.19. The molecule has 0 aromatic heterocycles. The number of benzene rings is 1. The van der Waals surface area contributed by atoms with E-state index in [1.165, 1.54) is 10.5 Å². The van der Waals surface area contributed by atoms with Gasteiger partial charge >= 0.3 is 0 Å². The van der Waals surface area contributed by atoms with E-state index in [1.807, 2.05) is 17.8 Å². The van der Waals surface area contributed by atoms with Crippen molar-refractivity contribution in [2.45, 2.75) is 48.8 Å². The molecule has 19 heavy (non-hydrogen) atoms. The van der Waals surface area contributed by atoms with Crippen molar-refractivity contribution in [2.24, 2.45) is 5.73 Å². The maximum atomic E-state index is 6.12. The summed E-state index contributed by atoms with van der Waals surface area (Å²) in [6.45, 7) is 3.89. The second kappa shape index (κ2) is 7.53. The molecule has 0 amide bonds. The molecular weight excluding hydrogens is 278 g/mol. The first-order valence-corrected chi connectivity index (χ1v) is 8.23. The summed E-state index contributed by atoms with van der Waals surface area (Å²) >= 11 is 8.07. The Labute approximate surface area is 125 Å². The van der Waals surface area contributed by atoms with Gasteiger partial charge in [-0.25, -0.2) is 0 Å². The Kier molecular flexibility index (Phi) is 6.02. The van der Waals surface area contributed by atoms with Crippen LogP contribution in [0.1, 0.15) is 31.7 Å². The SMILES string of the molecule is CCC(N)Cc1cc(Cl)ccc1SC1CCOCC1. The highest BCUT2D eigenvalue weighted by Crippen LogP contribution is 2.34. The van der Waals surface area contributed by atoms with Crippen molar-refractivity contribution in [3.8, 4) is 0 Å². The Bertz CT molecular complexity index is 407. The Morgan fingerprint density at radius 1 is 1.42 bits per heavy atom. The zero-order chi connectivity index (χ0) is 13.7. The van der Waals surface area contributed by atoms with Crippen molar-refractivity contribution in [3.05, 3.63) is 28.8 Å². The number of rotatable bonds is 5. The van der Waals surface area contributed by atoms with Crippen molar-refractivity contribution >= 4 is 23.4 Å². The minimum atomic E-state index is 0.215.